The predicted molar refractivity (Wildman–Crippen MR) is 73.6 cm³/mol. The molecule has 0 radical (unpaired) electrons. The van der Waals surface area contributed by atoms with Gasteiger partial charge in [-0.05, 0) is 48.4 Å². The van der Waals surface area contributed by atoms with Crippen molar-refractivity contribution in [1.29, 1.82) is 0 Å². The minimum atomic E-state index is 0.508. The molecule has 0 saturated heterocycles. The Bertz CT molecular complexity index is 489. The number of nitrogens with one attached hydrogen (secondary N) is 1. The summed E-state index contributed by atoms with van der Waals surface area (Å²) in [7, 11) is 2.06. The van der Waals surface area contributed by atoms with Crippen LogP contribution in [0.4, 0.5) is 0 Å². The van der Waals surface area contributed by atoms with Crippen molar-refractivity contribution in [2.75, 3.05) is 7.05 Å². The van der Waals surface area contributed by atoms with Gasteiger partial charge in [-0.15, -0.1) is 11.3 Å². The Morgan fingerprint density at radius 1 is 1.29 bits per heavy atom. The van der Waals surface area contributed by atoms with E-state index in [1.54, 1.807) is 11.1 Å². The second kappa shape index (κ2) is 4.63. The van der Waals surface area contributed by atoms with Crippen LogP contribution in [0.15, 0.2) is 41.8 Å². The fourth-order valence-electron chi connectivity index (χ4n) is 2.72. The molecule has 1 N–H and O–H groups in total. The molecule has 3 rings (SSSR count). The summed E-state index contributed by atoms with van der Waals surface area (Å²) >= 11 is 1.85. The first-order valence-electron chi connectivity index (χ1n) is 6.17. The lowest BCUT2D eigenvalue weighted by Crippen LogP contribution is -2.24. The Kier molecular flexibility index (Phi) is 3.00. The lowest BCUT2D eigenvalue weighted by molar-refractivity contribution is 0.457. The molecule has 2 unspecified atom stereocenters. The second-order valence-electron chi connectivity index (χ2n) is 4.69. The first kappa shape index (κ1) is 11.0. The van der Waals surface area contributed by atoms with E-state index in [1.165, 1.54) is 17.7 Å². The summed E-state index contributed by atoms with van der Waals surface area (Å²) < 4.78 is 0. The molecule has 88 valence electrons. The lowest BCUT2D eigenvalue weighted by atomic mass is 9.74. The molecule has 1 aliphatic rings. The van der Waals surface area contributed by atoms with Gasteiger partial charge in [0.2, 0.25) is 0 Å². The second-order valence-corrected chi connectivity index (χ2v) is 5.67. The normalized spacial score (nSPS) is 19.5. The van der Waals surface area contributed by atoms with Gasteiger partial charge in [-0.3, -0.25) is 0 Å². The van der Waals surface area contributed by atoms with E-state index in [0.717, 1.165) is 5.92 Å². The highest BCUT2D eigenvalue weighted by Gasteiger charge is 2.28. The maximum atomic E-state index is 3.44. The number of rotatable bonds is 4. The third-order valence-electron chi connectivity index (χ3n) is 3.72. The summed E-state index contributed by atoms with van der Waals surface area (Å²) in [5.41, 5.74) is 3.10. The zero-order chi connectivity index (χ0) is 11.7. The summed E-state index contributed by atoms with van der Waals surface area (Å²) in [6.45, 7) is 0. The van der Waals surface area contributed by atoms with E-state index < -0.39 is 0 Å². The summed E-state index contributed by atoms with van der Waals surface area (Å²) in [5, 5.41) is 5.61. The highest BCUT2D eigenvalue weighted by Crippen LogP contribution is 2.41. The molecule has 2 heteroatoms. The lowest BCUT2D eigenvalue weighted by Gasteiger charge is -2.32. The van der Waals surface area contributed by atoms with Gasteiger partial charge in [0.15, 0.2) is 0 Å². The van der Waals surface area contributed by atoms with Crippen molar-refractivity contribution in [3.05, 3.63) is 57.8 Å². The number of hydrogen-bond donors (Lipinski definition) is 1. The molecule has 1 heterocycles. The average Bonchev–Trinajstić information content (AvgIpc) is 2.84. The number of hydrogen-bond acceptors (Lipinski definition) is 2. The van der Waals surface area contributed by atoms with Crippen molar-refractivity contribution < 1.29 is 0 Å². The summed E-state index contributed by atoms with van der Waals surface area (Å²) in [6.07, 6.45) is 2.47. The minimum absolute atomic E-state index is 0.508. The Balaban J connectivity index is 1.73. The van der Waals surface area contributed by atoms with Crippen LogP contribution >= 0.6 is 11.3 Å². The first-order valence-corrected chi connectivity index (χ1v) is 7.05. The third kappa shape index (κ3) is 2.03. The van der Waals surface area contributed by atoms with Gasteiger partial charge in [-0.25, -0.2) is 0 Å². The largest absolute Gasteiger partial charge is 0.312 e. The van der Waals surface area contributed by atoms with Crippen molar-refractivity contribution in [2.45, 2.75) is 24.8 Å². The standard InChI is InChI=1S/C15H17NS/c1-16-14(15-7-4-8-17-15)10-12-9-11-5-2-3-6-13(11)12/h2-8,12,14,16H,9-10H2,1H3. The fraction of sp³-hybridized carbons (Fsp3) is 0.333. The van der Waals surface area contributed by atoms with Gasteiger partial charge in [0, 0.05) is 10.9 Å². The molecule has 0 fully saturated rings. The van der Waals surface area contributed by atoms with Gasteiger partial charge >= 0.3 is 0 Å². The van der Waals surface area contributed by atoms with E-state index in [4.69, 9.17) is 0 Å². The molecule has 1 aliphatic carbocycles. The number of thiophene rings is 1. The highest BCUT2D eigenvalue weighted by molar-refractivity contribution is 7.10. The van der Waals surface area contributed by atoms with Crippen molar-refractivity contribution in [3.8, 4) is 0 Å². The monoisotopic (exact) mass is 243 g/mol. The molecule has 2 atom stereocenters. The van der Waals surface area contributed by atoms with Crippen LogP contribution in [0.25, 0.3) is 0 Å². The first-order chi connectivity index (χ1) is 8.38. The van der Waals surface area contributed by atoms with Crippen LogP contribution in [0.3, 0.4) is 0 Å². The van der Waals surface area contributed by atoms with Gasteiger partial charge in [-0.2, -0.15) is 0 Å². The van der Waals surface area contributed by atoms with Gasteiger partial charge in [0.25, 0.3) is 0 Å². The van der Waals surface area contributed by atoms with Gasteiger partial charge in [0.05, 0.1) is 0 Å². The molecule has 1 aromatic carbocycles. The summed E-state index contributed by atoms with van der Waals surface area (Å²) in [4.78, 5) is 1.46. The van der Waals surface area contributed by atoms with Gasteiger partial charge < -0.3 is 5.32 Å². The van der Waals surface area contributed by atoms with E-state index in [-0.39, 0.29) is 0 Å². The molecule has 0 saturated carbocycles. The number of benzene rings is 1. The molecule has 2 aromatic rings. The van der Waals surface area contributed by atoms with Crippen molar-refractivity contribution in [2.24, 2.45) is 0 Å². The van der Waals surface area contributed by atoms with Gasteiger partial charge in [0.1, 0.15) is 0 Å². The van der Waals surface area contributed by atoms with E-state index >= 15 is 0 Å². The molecular formula is C15H17NS. The molecule has 0 spiro atoms. The van der Waals surface area contributed by atoms with Crippen LogP contribution < -0.4 is 5.32 Å². The van der Waals surface area contributed by atoms with Crippen molar-refractivity contribution >= 4 is 11.3 Å². The minimum Gasteiger partial charge on any atom is -0.312 e. The SMILES string of the molecule is CNC(CC1Cc2ccccc21)c1cccs1. The molecule has 1 nitrogen and oxygen atoms in total. The van der Waals surface area contributed by atoms with Crippen LogP contribution in [0, 0.1) is 0 Å². The van der Waals surface area contributed by atoms with E-state index in [0.29, 0.717) is 6.04 Å². The van der Waals surface area contributed by atoms with Crippen LogP contribution in [0.1, 0.15) is 34.4 Å². The van der Waals surface area contributed by atoms with Crippen LogP contribution in [0.5, 0.6) is 0 Å². The molecular weight excluding hydrogens is 226 g/mol. The zero-order valence-corrected chi connectivity index (χ0v) is 10.8. The Labute approximate surface area is 106 Å². The topological polar surface area (TPSA) is 12.0 Å². The van der Waals surface area contributed by atoms with E-state index in [9.17, 15) is 0 Å². The average molecular weight is 243 g/mol. The van der Waals surface area contributed by atoms with Crippen LogP contribution in [-0.2, 0) is 6.42 Å². The van der Waals surface area contributed by atoms with Crippen LogP contribution in [-0.4, -0.2) is 7.05 Å². The Morgan fingerprint density at radius 2 is 2.18 bits per heavy atom. The van der Waals surface area contributed by atoms with Crippen molar-refractivity contribution in [3.63, 3.8) is 0 Å². The molecule has 0 aliphatic heterocycles. The van der Waals surface area contributed by atoms with Crippen LogP contribution in [0.2, 0.25) is 0 Å². The van der Waals surface area contributed by atoms with E-state index in [1.807, 2.05) is 11.3 Å². The van der Waals surface area contributed by atoms with E-state index in [2.05, 4.69) is 54.1 Å². The number of fused-ring (bicyclic) bond motifs is 1. The highest BCUT2D eigenvalue weighted by atomic mass is 32.1. The molecule has 0 bridgehead atoms. The summed E-state index contributed by atoms with van der Waals surface area (Å²) in [6, 6.07) is 13.7. The molecule has 0 amide bonds. The zero-order valence-electron chi connectivity index (χ0n) is 10.0. The van der Waals surface area contributed by atoms with Crippen molar-refractivity contribution in [1.82, 2.24) is 5.32 Å². The Morgan fingerprint density at radius 3 is 2.88 bits per heavy atom. The molecule has 1 aromatic heterocycles. The third-order valence-corrected chi connectivity index (χ3v) is 4.70. The molecule has 17 heavy (non-hydrogen) atoms. The summed E-state index contributed by atoms with van der Waals surface area (Å²) in [5.74, 6) is 0.741. The maximum Gasteiger partial charge on any atom is 0.0418 e. The predicted octanol–water partition coefficient (Wildman–Crippen LogP) is 3.74. The fourth-order valence-corrected chi connectivity index (χ4v) is 3.57. The smallest absolute Gasteiger partial charge is 0.0418 e. The Hall–Kier alpha value is -1.12. The maximum absolute atomic E-state index is 3.44. The quantitative estimate of drug-likeness (QED) is 0.862. The van der Waals surface area contributed by atoms with Gasteiger partial charge in [-0.1, -0.05) is 30.3 Å².